The summed E-state index contributed by atoms with van der Waals surface area (Å²) in [4.78, 5) is 11.8. The zero-order valence-electron chi connectivity index (χ0n) is 10.8. The Balaban J connectivity index is 2.36. The normalized spacial score (nSPS) is 10.2. The van der Waals surface area contributed by atoms with Gasteiger partial charge in [-0.05, 0) is 31.5 Å². The predicted molar refractivity (Wildman–Crippen MR) is 74.2 cm³/mol. The summed E-state index contributed by atoms with van der Waals surface area (Å²) in [5.74, 6) is -0.143. The first-order valence-electron chi connectivity index (χ1n) is 5.77. The Labute approximate surface area is 113 Å². The fourth-order valence-electron chi connectivity index (χ4n) is 1.32. The molecule has 4 heteroatoms. The van der Waals surface area contributed by atoms with Gasteiger partial charge in [0.05, 0.1) is 13.2 Å². The minimum absolute atomic E-state index is 0.143. The summed E-state index contributed by atoms with van der Waals surface area (Å²) >= 11 is 5.96. The molecule has 1 rings (SSSR count). The maximum Gasteiger partial charge on any atom is 0.251 e. The second-order valence-corrected chi connectivity index (χ2v) is 4.64. The van der Waals surface area contributed by atoms with Gasteiger partial charge in [0.1, 0.15) is 0 Å². The highest BCUT2D eigenvalue weighted by molar-refractivity contribution is 6.31. The third-order valence-corrected chi connectivity index (χ3v) is 2.72. The molecule has 1 aromatic rings. The van der Waals surface area contributed by atoms with Crippen molar-refractivity contribution in [3.63, 3.8) is 0 Å². The van der Waals surface area contributed by atoms with E-state index in [-0.39, 0.29) is 5.91 Å². The number of nitrogens with one attached hydrogen (secondary N) is 1. The fraction of sp³-hybridized carbons (Fsp3) is 0.357. The third-order valence-electron chi connectivity index (χ3n) is 2.31. The maximum absolute atomic E-state index is 11.8. The van der Waals surface area contributed by atoms with E-state index < -0.39 is 0 Å². The van der Waals surface area contributed by atoms with Gasteiger partial charge in [0, 0.05) is 17.1 Å². The summed E-state index contributed by atoms with van der Waals surface area (Å²) in [6, 6.07) is 5.25. The van der Waals surface area contributed by atoms with Crippen molar-refractivity contribution in [2.75, 3.05) is 19.8 Å². The molecule has 0 aromatic heterocycles. The molecule has 0 bridgehead atoms. The molecule has 0 spiro atoms. The molecule has 3 nitrogen and oxygen atoms in total. The standard InChI is InChI=1S/C14H18ClNO2/c1-10(2)9-18-7-6-16-14(17)12-5-4-11(3)13(15)8-12/h4-5,8H,1,6-7,9H2,2-3H3,(H,16,17). The van der Waals surface area contributed by atoms with E-state index in [1.165, 1.54) is 0 Å². The fourth-order valence-corrected chi connectivity index (χ4v) is 1.50. The van der Waals surface area contributed by atoms with Gasteiger partial charge in [-0.2, -0.15) is 0 Å². The zero-order valence-corrected chi connectivity index (χ0v) is 11.5. The lowest BCUT2D eigenvalue weighted by molar-refractivity contribution is 0.0927. The maximum atomic E-state index is 11.8. The van der Waals surface area contributed by atoms with Crippen molar-refractivity contribution in [2.45, 2.75) is 13.8 Å². The van der Waals surface area contributed by atoms with Crippen molar-refractivity contribution in [1.29, 1.82) is 0 Å². The first-order valence-corrected chi connectivity index (χ1v) is 6.15. The number of rotatable bonds is 6. The van der Waals surface area contributed by atoms with Gasteiger partial charge in [0.2, 0.25) is 0 Å². The number of ether oxygens (including phenoxy) is 1. The molecule has 0 fully saturated rings. The van der Waals surface area contributed by atoms with Crippen LogP contribution in [0.2, 0.25) is 5.02 Å². The van der Waals surface area contributed by atoms with Crippen molar-refractivity contribution in [1.82, 2.24) is 5.32 Å². The summed E-state index contributed by atoms with van der Waals surface area (Å²) < 4.78 is 5.28. The molecular weight excluding hydrogens is 250 g/mol. The molecule has 0 aliphatic heterocycles. The molecule has 0 saturated carbocycles. The van der Waals surface area contributed by atoms with E-state index in [0.717, 1.165) is 11.1 Å². The largest absolute Gasteiger partial charge is 0.375 e. The lowest BCUT2D eigenvalue weighted by Gasteiger charge is -2.07. The zero-order chi connectivity index (χ0) is 13.5. The van der Waals surface area contributed by atoms with Gasteiger partial charge in [-0.3, -0.25) is 4.79 Å². The molecule has 1 N–H and O–H groups in total. The Morgan fingerprint density at radius 2 is 2.22 bits per heavy atom. The van der Waals surface area contributed by atoms with Crippen LogP contribution < -0.4 is 5.32 Å². The molecular formula is C14H18ClNO2. The van der Waals surface area contributed by atoms with Crippen molar-refractivity contribution < 1.29 is 9.53 Å². The van der Waals surface area contributed by atoms with Crippen LogP contribution in [0.25, 0.3) is 0 Å². The van der Waals surface area contributed by atoms with Crippen LogP contribution in [-0.2, 0) is 4.74 Å². The van der Waals surface area contributed by atoms with Crippen molar-refractivity contribution >= 4 is 17.5 Å². The van der Waals surface area contributed by atoms with Gasteiger partial charge in [0.15, 0.2) is 0 Å². The van der Waals surface area contributed by atoms with Crippen LogP contribution in [0.3, 0.4) is 0 Å². The van der Waals surface area contributed by atoms with Crippen LogP contribution in [0, 0.1) is 6.92 Å². The van der Waals surface area contributed by atoms with E-state index in [1.807, 2.05) is 19.9 Å². The Morgan fingerprint density at radius 1 is 1.50 bits per heavy atom. The Hall–Kier alpha value is -1.32. The lowest BCUT2D eigenvalue weighted by atomic mass is 10.1. The molecule has 1 amide bonds. The van der Waals surface area contributed by atoms with Crippen molar-refractivity contribution in [3.05, 3.63) is 46.5 Å². The highest BCUT2D eigenvalue weighted by atomic mass is 35.5. The van der Waals surface area contributed by atoms with Crippen molar-refractivity contribution in [3.8, 4) is 0 Å². The average molecular weight is 268 g/mol. The summed E-state index contributed by atoms with van der Waals surface area (Å²) in [7, 11) is 0. The van der Waals surface area contributed by atoms with Crippen LogP contribution in [0.1, 0.15) is 22.8 Å². The van der Waals surface area contributed by atoms with Crippen LogP contribution in [-0.4, -0.2) is 25.7 Å². The second kappa shape index (κ2) is 7.19. The average Bonchev–Trinajstić information content (AvgIpc) is 2.31. The van der Waals surface area contributed by atoms with Crippen LogP contribution in [0.5, 0.6) is 0 Å². The van der Waals surface area contributed by atoms with Crippen LogP contribution in [0.4, 0.5) is 0 Å². The van der Waals surface area contributed by atoms with E-state index in [4.69, 9.17) is 16.3 Å². The SMILES string of the molecule is C=C(C)COCCNC(=O)c1ccc(C)c(Cl)c1. The number of aryl methyl sites for hydroxylation is 1. The topological polar surface area (TPSA) is 38.3 Å². The molecule has 0 aliphatic carbocycles. The molecule has 0 aliphatic rings. The number of benzene rings is 1. The number of carbonyl (C=O) groups excluding carboxylic acids is 1. The van der Waals surface area contributed by atoms with Gasteiger partial charge in [-0.1, -0.05) is 29.8 Å². The minimum atomic E-state index is -0.143. The Kier molecular flexibility index (Phi) is 5.89. The highest BCUT2D eigenvalue weighted by Crippen LogP contribution is 2.16. The van der Waals surface area contributed by atoms with Gasteiger partial charge in [-0.25, -0.2) is 0 Å². The molecule has 18 heavy (non-hydrogen) atoms. The quantitative estimate of drug-likeness (QED) is 0.636. The van der Waals surface area contributed by atoms with Crippen LogP contribution in [0.15, 0.2) is 30.4 Å². The van der Waals surface area contributed by atoms with E-state index in [9.17, 15) is 4.79 Å². The minimum Gasteiger partial charge on any atom is -0.375 e. The van der Waals surface area contributed by atoms with Gasteiger partial charge in [0.25, 0.3) is 5.91 Å². The summed E-state index contributed by atoms with van der Waals surface area (Å²) in [5.41, 5.74) is 2.48. The number of hydrogen-bond acceptors (Lipinski definition) is 2. The second-order valence-electron chi connectivity index (χ2n) is 4.23. The first-order chi connectivity index (χ1) is 8.50. The third kappa shape index (κ3) is 4.90. The number of hydrogen-bond donors (Lipinski definition) is 1. The van der Waals surface area contributed by atoms with E-state index in [1.54, 1.807) is 12.1 Å². The van der Waals surface area contributed by atoms with Crippen LogP contribution >= 0.6 is 11.6 Å². The van der Waals surface area contributed by atoms with E-state index in [0.29, 0.717) is 30.3 Å². The molecule has 1 aromatic carbocycles. The molecule has 0 unspecified atom stereocenters. The van der Waals surface area contributed by atoms with Crippen molar-refractivity contribution in [2.24, 2.45) is 0 Å². The molecule has 0 radical (unpaired) electrons. The Bertz CT molecular complexity index is 443. The summed E-state index contributed by atoms with van der Waals surface area (Å²) in [6.07, 6.45) is 0. The van der Waals surface area contributed by atoms with E-state index >= 15 is 0 Å². The summed E-state index contributed by atoms with van der Waals surface area (Å²) in [5, 5.41) is 3.37. The number of halogens is 1. The smallest absolute Gasteiger partial charge is 0.251 e. The van der Waals surface area contributed by atoms with Gasteiger partial charge >= 0.3 is 0 Å². The Morgan fingerprint density at radius 3 is 2.83 bits per heavy atom. The monoisotopic (exact) mass is 267 g/mol. The molecule has 98 valence electrons. The molecule has 0 saturated heterocycles. The molecule has 0 heterocycles. The van der Waals surface area contributed by atoms with Gasteiger partial charge < -0.3 is 10.1 Å². The summed E-state index contributed by atoms with van der Waals surface area (Å²) in [6.45, 7) is 8.98. The first kappa shape index (κ1) is 14.7. The number of carbonyl (C=O) groups is 1. The highest BCUT2D eigenvalue weighted by Gasteiger charge is 2.06. The lowest BCUT2D eigenvalue weighted by Crippen LogP contribution is -2.27. The van der Waals surface area contributed by atoms with E-state index in [2.05, 4.69) is 11.9 Å². The predicted octanol–water partition coefficient (Wildman–Crippen LogP) is 2.97. The van der Waals surface area contributed by atoms with Gasteiger partial charge in [-0.15, -0.1) is 0 Å². The number of amides is 1. The molecule has 0 atom stereocenters.